The van der Waals surface area contributed by atoms with Gasteiger partial charge in [-0.15, -0.1) is 0 Å². The molecule has 1 unspecified atom stereocenters. The predicted molar refractivity (Wildman–Crippen MR) is 40.0 cm³/mol. The van der Waals surface area contributed by atoms with Crippen molar-refractivity contribution in [1.29, 1.82) is 0 Å². The van der Waals surface area contributed by atoms with Crippen molar-refractivity contribution < 1.29 is 13.9 Å². The molecule has 0 aliphatic carbocycles. The molecule has 0 N–H and O–H groups in total. The van der Waals surface area contributed by atoms with Gasteiger partial charge in [0.25, 0.3) is 0 Å². The van der Waals surface area contributed by atoms with Gasteiger partial charge >= 0.3 is 0 Å². The fourth-order valence-corrected chi connectivity index (χ4v) is 0.662. The zero-order chi connectivity index (χ0) is 8.10. The second kappa shape index (κ2) is 4.16. The molecule has 0 fully saturated rings. The lowest BCUT2D eigenvalue weighted by Crippen LogP contribution is -2.09. The van der Waals surface area contributed by atoms with Crippen LogP contribution < -0.4 is 0 Å². The van der Waals surface area contributed by atoms with Crippen LogP contribution in [-0.4, -0.2) is 13.4 Å². The minimum atomic E-state index is -0.180. The van der Waals surface area contributed by atoms with Crippen molar-refractivity contribution >= 4 is 0 Å². The third-order valence-corrected chi connectivity index (χ3v) is 1.37. The standard InChI is InChI=1S/C8H12O3/c1-7(9-2)11-6-8-4-3-5-10-8/h3-5,7H,6H2,1-2H3. The van der Waals surface area contributed by atoms with Crippen molar-refractivity contribution in [3.05, 3.63) is 24.2 Å². The maximum atomic E-state index is 5.22. The molecule has 62 valence electrons. The van der Waals surface area contributed by atoms with Gasteiger partial charge in [0.1, 0.15) is 12.4 Å². The monoisotopic (exact) mass is 156 g/mol. The zero-order valence-corrected chi connectivity index (χ0v) is 6.74. The largest absolute Gasteiger partial charge is 0.467 e. The number of hydrogen-bond donors (Lipinski definition) is 0. The molecule has 0 saturated heterocycles. The molecular weight excluding hydrogens is 144 g/mol. The normalized spacial score (nSPS) is 13.3. The van der Waals surface area contributed by atoms with Gasteiger partial charge in [0.2, 0.25) is 0 Å². The van der Waals surface area contributed by atoms with E-state index in [1.807, 2.05) is 19.1 Å². The molecule has 0 saturated carbocycles. The molecule has 0 bridgehead atoms. The summed E-state index contributed by atoms with van der Waals surface area (Å²) in [4.78, 5) is 0. The summed E-state index contributed by atoms with van der Waals surface area (Å²) in [6.45, 7) is 2.30. The van der Waals surface area contributed by atoms with Gasteiger partial charge in [-0.3, -0.25) is 0 Å². The molecule has 11 heavy (non-hydrogen) atoms. The Kier molecular flexibility index (Phi) is 3.14. The Labute approximate surface area is 65.9 Å². The van der Waals surface area contributed by atoms with Crippen LogP contribution in [0.5, 0.6) is 0 Å². The van der Waals surface area contributed by atoms with E-state index >= 15 is 0 Å². The van der Waals surface area contributed by atoms with E-state index in [1.54, 1.807) is 13.4 Å². The Bertz CT molecular complexity index is 181. The lowest BCUT2D eigenvalue weighted by Gasteiger charge is -2.08. The van der Waals surface area contributed by atoms with Crippen molar-refractivity contribution in [1.82, 2.24) is 0 Å². The summed E-state index contributed by atoms with van der Waals surface area (Å²) in [6.07, 6.45) is 1.44. The first-order valence-electron chi connectivity index (χ1n) is 3.49. The quantitative estimate of drug-likeness (QED) is 0.623. The molecule has 0 radical (unpaired) electrons. The smallest absolute Gasteiger partial charge is 0.155 e. The van der Waals surface area contributed by atoms with E-state index in [2.05, 4.69) is 0 Å². The summed E-state index contributed by atoms with van der Waals surface area (Å²) in [5.74, 6) is 0.814. The SMILES string of the molecule is COC(C)OCc1ccco1. The third kappa shape index (κ3) is 2.74. The van der Waals surface area contributed by atoms with E-state index in [9.17, 15) is 0 Å². The van der Waals surface area contributed by atoms with Crippen LogP contribution in [0.25, 0.3) is 0 Å². The van der Waals surface area contributed by atoms with Crippen molar-refractivity contribution in [2.24, 2.45) is 0 Å². The van der Waals surface area contributed by atoms with E-state index in [0.717, 1.165) is 5.76 Å². The van der Waals surface area contributed by atoms with Gasteiger partial charge in [-0.1, -0.05) is 0 Å². The molecule has 0 aliphatic rings. The van der Waals surface area contributed by atoms with Gasteiger partial charge in [0.15, 0.2) is 6.29 Å². The van der Waals surface area contributed by atoms with Gasteiger partial charge in [-0.2, -0.15) is 0 Å². The molecule has 1 heterocycles. The Hall–Kier alpha value is -0.800. The summed E-state index contributed by atoms with van der Waals surface area (Å²) in [5.41, 5.74) is 0. The Morgan fingerprint density at radius 3 is 3.00 bits per heavy atom. The fraction of sp³-hybridized carbons (Fsp3) is 0.500. The van der Waals surface area contributed by atoms with Crippen LogP contribution in [0, 0.1) is 0 Å². The predicted octanol–water partition coefficient (Wildman–Crippen LogP) is 1.79. The van der Waals surface area contributed by atoms with Gasteiger partial charge in [-0.25, -0.2) is 0 Å². The van der Waals surface area contributed by atoms with Gasteiger partial charge in [0, 0.05) is 7.11 Å². The molecule has 0 aromatic carbocycles. The van der Waals surface area contributed by atoms with Crippen molar-refractivity contribution in [2.75, 3.05) is 7.11 Å². The first kappa shape index (κ1) is 8.30. The Morgan fingerprint density at radius 1 is 1.64 bits per heavy atom. The molecule has 1 atom stereocenters. The molecule has 0 aliphatic heterocycles. The molecule has 1 aromatic rings. The third-order valence-electron chi connectivity index (χ3n) is 1.37. The fourth-order valence-electron chi connectivity index (χ4n) is 0.662. The minimum Gasteiger partial charge on any atom is -0.467 e. The second-order valence-electron chi connectivity index (χ2n) is 2.19. The molecular formula is C8H12O3. The topological polar surface area (TPSA) is 31.6 Å². The highest BCUT2D eigenvalue weighted by molar-refractivity contribution is 4.95. The maximum Gasteiger partial charge on any atom is 0.155 e. The van der Waals surface area contributed by atoms with E-state index in [4.69, 9.17) is 13.9 Å². The zero-order valence-electron chi connectivity index (χ0n) is 6.74. The summed E-state index contributed by atoms with van der Waals surface area (Å²) >= 11 is 0. The number of methoxy groups -OCH3 is 1. The van der Waals surface area contributed by atoms with Crippen LogP contribution in [0.3, 0.4) is 0 Å². The van der Waals surface area contributed by atoms with Gasteiger partial charge in [0.05, 0.1) is 6.26 Å². The van der Waals surface area contributed by atoms with Crippen molar-refractivity contribution in [3.63, 3.8) is 0 Å². The van der Waals surface area contributed by atoms with Crippen LogP contribution >= 0.6 is 0 Å². The summed E-state index contributed by atoms with van der Waals surface area (Å²) in [5, 5.41) is 0. The van der Waals surface area contributed by atoms with E-state index in [1.165, 1.54) is 0 Å². The van der Waals surface area contributed by atoms with Crippen molar-refractivity contribution in [2.45, 2.75) is 19.8 Å². The number of furan rings is 1. The van der Waals surface area contributed by atoms with Crippen LogP contribution in [0.2, 0.25) is 0 Å². The van der Waals surface area contributed by atoms with Crippen LogP contribution in [-0.2, 0) is 16.1 Å². The minimum absolute atomic E-state index is 0.180. The average molecular weight is 156 g/mol. The molecule has 3 nitrogen and oxygen atoms in total. The molecule has 0 spiro atoms. The summed E-state index contributed by atoms with van der Waals surface area (Å²) in [7, 11) is 1.60. The van der Waals surface area contributed by atoms with Crippen LogP contribution in [0.15, 0.2) is 22.8 Å². The van der Waals surface area contributed by atoms with E-state index < -0.39 is 0 Å². The molecule has 3 heteroatoms. The van der Waals surface area contributed by atoms with Crippen LogP contribution in [0.4, 0.5) is 0 Å². The molecule has 1 rings (SSSR count). The first-order chi connectivity index (χ1) is 5.33. The summed E-state index contributed by atoms with van der Waals surface area (Å²) < 4.78 is 15.2. The summed E-state index contributed by atoms with van der Waals surface area (Å²) in [6, 6.07) is 3.69. The Balaban J connectivity index is 2.23. The highest BCUT2D eigenvalue weighted by Gasteiger charge is 2.00. The number of ether oxygens (including phenoxy) is 2. The van der Waals surface area contributed by atoms with Crippen LogP contribution in [0.1, 0.15) is 12.7 Å². The van der Waals surface area contributed by atoms with Gasteiger partial charge in [-0.05, 0) is 19.1 Å². The van der Waals surface area contributed by atoms with Gasteiger partial charge < -0.3 is 13.9 Å². The highest BCUT2D eigenvalue weighted by atomic mass is 16.7. The van der Waals surface area contributed by atoms with E-state index in [0.29, 0.717) is 6.61 Å². The molecule has 0 amide bonds. The van der Waals surface area contributed by atoms with Crippen molar-refractivity contribution in [3.8, 4) is 0 Å². The Morgan fingerprint density at radius 2 is 2.45 bits per heavy atom. The number of hydrogen-bond acceptors (Lipinski definition) is 3. The second-order valence-corrected chi connectivity index (χ2v) is 2.19. The lowest BCUT2D eigenvalue weighted by molar-refractivity contribution is -0.122. The maximum absolute atomic E-state index is 5.22. The average Bonchev–Trinajstić information content (AvgIpc) is 2.52. The lowest BCUT2D eigenvalue weighted by atomic mass is 10.5. The van der Waals surface area contributed by atoms with E-state index in [-0.39, 0.29) is 6.29 Å². The molecule has 1 aromatic heterocycles. The highest BCUT2D eigenvalue weighted by Crippen LogP contribution is 2.03. The number of rotatable bonds is 4. The first-order valence-corrected chi connectivity index (χ1v) is 3.49.